The van der Waals surface area contributed by atoms with Crippen LogP contribution in [-0.2, 0) is 7.05 Å². The fraction of sp³-hybridized carbons (Fsp3) is 0.267. The number of aromatic nitrogens is 2. The van der Waals surface area contributed by atoms with Gasteiger partial charge in [0.25, 0.3) is 0 Å². The van der Waals surface area contributed by atoms with Crippen molar-refractivity contribution in [1.82, 2.24) is 15.1 Å². The van der Waals surface area contributed by atoms with Crippen LogP contribution in [0.3, 0.4) is 0 Å². The summed E-state index contributed by atoms with van der Waals surface area (Å²) in [6, 6.07) is 12.1. The topological polar surface area (TPSA) is 43.0 Å². The van der Waals surface area contributed by atoms with Crippen LogP contribution >= 0.6 is 0 Å². The SMILES string of the molecule is CCNC(c1ccco1)c1nn(C)c2ccccc12. The molecule has 3 aromatic rings. The second-order valence-electron chi connectivity index (χ2n) is 4.53. The second kappa shape index (κ2) is 4.90. The Morgan fingerprint density at radius 1 is 1.26 bits per heavy atom. The summed E-state index contributed by atoms with van der Waals surface area (Å²) < 4.78 is 7.46. The summed E-state index contributed by atoms with van der Waals surface area (Å²) in [6.45, 7) is 2.94. The standard InChI is InChI=1S/C15H17N3O/c1-3-16-15(13-9-6-10-19-13)14-11-7-4-5-8-12(11)18(2)17-14/h4-10,15-16H,3H2,1-2H3. The van der Waals surface area contributed by atoms with Crippen molar-refractivity contribution < 1.29 is 4.42 Å². The molecule has 0 amide bonds. The van der Waals surface area contributed by atoms with Crippen molar-refractivity contribution in [1.29, 1.82) is 0 Å². The van der Waals surface area contributed by atoms with Crippen LogP contribution in [0.25, 0.3) is 10.9 Å². The molecule has 1 atom stereocenters. The Morgan fingerprint density at radius 2 is 2.11 bits per heavy atom. The molecule has 0 aliphatic carbocycles. The zero-order valence-corrected chi connectivity index (χ0v) is 11.1. The number of benzene rings is 1. The first-order chi connectivity index (χ1) is 9.31. The van der Waals surface area contributed by atoms with Gasteiger partial charge in [0.15, 0.2) is 0 Å². The van der Waals surface area contributed by atoms with Gasteiger partial charge in [-0.05, 0) is 24.7 Å². The van der Waals surface area contributed by atoms with Gasteiger partial charge < -0.3 is 9.73 Å². The zero-order valence-electron chi connectivity index (χ0n) is 11.1. The molecule has 2 aromatic heterocycles. The fourth-order valence-corrected chi connectivity index (χ4v) is 2.45. The van der Waals surface area contributed by atoms with Gasteiger partial charge in [0.2, 0.25) is 0 Å². The lowest BCUT2D eigenvalue weighted by Crippen LogP contribution is -2.22. The van der Waals surface area contributed by atoms with E-state index in [1.165, 1.54) is 0 Å². The van der Waals surface area contributed by atoms with Crippen LogP contribution < -0.4 is 5.32 Å². The van der Waals surface area contributed by atoms with E-state index in [1.807, 2.05) is 36.0 Å². The molecular weight excluding hydrogens is 238 g/mol. The average molecular weight is 255 g/mol. The number of hydrogen-bond acceptors (Lipinski definition) is 3. The quantitative estimate of drug-likeness (QED) is 0.779. The molecule has 19 heavy (non-hydrogen) atoms. The average Bonchev–Trinajstić information content (AvgIpc) is 3.06. The molecule has 1 unspecified atom stereocenters. The minimum Gasteiger partial charge on any atom is -0.467 e. The van der Waals surface area contributed by atoms with E-state index in [4.69, 9.17) is 4.42 Å². The van der Waals surface area contributed by atoms with Crippen molar-refractivity contribution in [3.63, 3.8) is 0 Å². The van der Waals surface area contributed by atoms with Crippen molar-refractivity contribution >= 4 is 10.9 Å². The molecule has 1 aromatic carbocycles. The lowest BCUT2D eigenvalue weighted by Gasteiger charge is -2.13. The van der Waals surface area contributed by atoms with Gasteiger partial charge in [-0.1, -0.05) is 25.1 Å². The molecule has 0 saturated carbocycles. The van der Waals surface area contributed by atoms with Gasteiger partial charge in [-0.3, -0.25) is 4.68 Å². The highest BCUT2D eigenvalue weighted by molar-refractivity contribution is 5.82. The molecule has 0 bridgehead atoms. The molecule has 1 N–H and O–H groups in total. The maximum absolute atomic E-state index is 5.55. The predicted molar refractivity (Wildman–Crippen MR) is 74.9 cm³/mol. The maximum atomic E-state index is 5.55. The van der Waals surface area contributed by atoms with Gasteiger partial charge in [-0.25, -0.2) is 0 Å². The summed E-state index contributed by atoms with van der Waals surface area (Å²) in [5.74, 6) is 0.894. The summed E-state index contributed by atoms with van der Waals surface area (Å²) in [5.41, 5.74) is 2.14. The second-order valence-corrected chi connectivity index (χ2v) is 4.53. The monoisotopic (exact) mass is 255 g/mol. The molecule has 0 saturated heterocycles. The van der Waals surface area contributed by atoms with Crippen molar-refractivity contribution in [2.24, 2.45) is 7.05 Å². The molecule has 0 fully saturated rings. The highest BCUT2D eigenvalue weighted by Gasteiger charge is 2.21. The molecule has 4 heteroatoms. The summed E-state index contributed by atoms with van der Waals surface area (Å²) in [6.07, 6.45) is 1.70. The third kappa shape index (κ3) is 2.04. The van der Waals surface area contributed by atoms with Crippen LogP contribution in [0.4, 0.5) is 0 Å². The lowest BCUT2D eigenvalue weighted by atomic mass is 10.1. The molecule has 3 rings (SSSR count). The Morgan fingerprint density at radius 3 is 2.84 bits per heavy atom. The highest BCUT2D eigenvalue weighted by atomic mass is 16.3. The Bertz CT molecular complexity index is 670. The van der Waals surface area contributed by atoms with E-state index in [-0.39, 0.29) is 6.04 Å². The van der Waals surface area contributed by atoms with Crippen LogP contribution in [0.5, 0.6) is 0 Å². The number of nitrogens with one attached hydrogen (secondary N) is 1. The van der Waals surface area contributed by atoms with E-state index in [0.29, 0.717) is 0 Å². The number of furan rings is 1. The van der Waals surface area contributed by atoms with Gasteiger partial charge in [0, 0.05) is 12.4 Å². The Kier molecular flexibility index (Phi) is 3.09. The van der Waals surface area contributed by atoms with Crippen molar-refractivity contribution in [3.05, 3.63) is 54.1 Å². The van der Waals surface area contributed by atoms with E-state index in [2.05, 4.69) is 29.5 Å². The molecular formula is C15H17N3O. The van der Waals surface area contributed by atoms with Crippen molar-refractivity contribution in [2.75, 3.05) is 6.54 Å². The molecule has 2 heterocycles. The summed E-state index contributed by atoms with van der Waals surface area (Å²) in [4.78, 5) is 0. The number of aryl methyl sites for hydroxylation is 1. The predicted octanol–water partition coefficient (Wildman–Crippen LogP) is 2.87. The number of fused-ring (bicyclic) bond motifs is 1. The molecule has 98 valence electrons. The first kappa shape index (κ1) is 12.0. The van der Waals surface area contributed by atoms with Crippen LogP contribution in [0.15, 0.2) is 47.1 Å². The third-order valence-electron chi connectivity index (χ3n) is 3.30. The van der Waals surface area contributed by atoms with E-state index in [1.54, 1.807) is 6.26 Å². The van der Waals surface area contributed by atoms with E-state index in [9.17, 15) is 0 Å². The van der Waals surface area contributed by atoms with Crippen LogP contribution in [0, 0.1) is 0 Å². The summed E-state index contributed by atoms with van der Waals surface area (Å²) in [5, 5.41) is 9.26. The number of para-hydroxylation sites is 1. The maximum Gasteiger partial charge on any atom is 0.126 e. The Labute approximate surface area is 112 Å². The molecule has 0 aliphatic heterocycles. The van der Waals surface area contributed by atoms with Crippen LogP contribution in [0.1, 0.15) is 24.4 Å². The minimum absolute atomic E-state index is 0.00824. The lowest BCUT2D eigenvalue weighted by molar-refractivity contribution is 0.446. The first-order valence-electron chi connectivity index (χ1n) is 6.49. The van der Waals surface area contributed by atoms with Crippen LogP contribution in [0.2, 0.25) is 0 Å². The van der Waals surface area contributed by atoms with E-state index in [0.717, 1.165) is 28.9 Å². The normalized spacial score (nSPS) is 12.9. The molecule has 0 aliphatic rings. The Hall–Kier alpha value is -2.07. The van der Waals surface area contributed by atoms with Crippen LogP contribution in [-0.4, -0.2) is 16.3 Å². The largest absolute Gasteiger partial charge is 0.467 e. The minimum atomic E-state index is -0.00824. The Balaban J connectivity index is 2.15. The van der Waals surface area contributed by atoms with Crippen molar-refractivity contribution in [3.8, 4) is 0 Å². The zero-order chi connectivity index (χ0) is 13.2. The number of rotatable bonds is 4. The highest BCUT2D eigenvalue weighted by Crippen LogP contribution is 2.28. The van der Waals surface area contributed by atoms with Gasteiger partial charge in [-0.2, -0.15) is 5.10 Å². The van der Waals surface area contributed by atoms with Gasteiger partial charge in [0.05, 0.1) is 17.5 Å². The number of nitrogens with zero attached hydrogens (tertiary/aromatic N) is 2. The summed E-state index contributed by atoms with van der Waals surface area (Å²) >= 11 is 0. The van der Waals surface area contributed by atoms with E-state index < -0.39 is 0 Å². The van der Waals surface area contributed by atoms with Crippen molar-refractivity contribution in [2.45, 2.75) is 13.0 Å². The summed E-state index contributed by atoms with van der Waals surface area (Å²) in [7, 11) is 1.97. The van der Waals surface area contributed by atoms with E-state index >= 15 is 0 Å². The number of hydrogen-bond donors (Lipinski definition) is 1. The third-order valence-corrected chi connectivity index (χ3v) is 3.30. The molecule has 0 spiro atoms. The van der Waals surface area contributed by atoms with Gasteiger partial charge >= 0.3 is 0 Å². The molecule has 0 radical (unpaired) electrons. The smallest absolute Gasteiger partial charge is 0.126 e. The van der Waals surface area contributed by atoms with Gasteiger partial charge in [-0.15, -0.1) is 0 Å². The first-order valence-corrected chi connectivity index (χ1v) is 6.49. The van der Waals surface area contributed by atoms with Gasteiger partial charge in [0.1, 0.15) is 11.8 Å². The fourth-order valence-electron chi connectivity index (χ4n) is 2.45. The molecule has 4 nitrogen and oxygen atoms in total.